The second-order valence-corrected chi connectivity index (χ2v) is 5.84. The number of aromatic amines is 1. The molecule has 0 radical (unpaired) electrons. The Balaban J connectivity index is 2.30. The van der Waals surface area contributed by atoms with Crippen LogP contribution in [0.2, 0.25) is 0 Å². The average Bonchev–Trinajstić information content (AvgIpc) is 2.96. The number of aromatic nitrogens is 2. The highest BCUT2D eigenvalue weighted by Gasteiger charge is 2.26. The van der Waals surface area contributed by atoms with Gasteiger partial charge in [0.15, 0.2) is 0 Å². The van der Waals surface area contributed by atoms with Gasteiger partial charge in [-0.3, -0.25) is 5.10 Å². The van der Waals surface area contributed by atoms with Crippen LogP contribution in [0.15, 0.2) is 27.7 Å². The number of hydrogen-bond donors (Lipinski definition) is 3. The molecule has 0 bridgehead atoms. The van der Waals surface area contributed by atoms with Gasteiger partial charge in [0.1, 0.15) is 10.7 Å². The Morgan fingerprint density at radius 3 is 2.89 bits per heavy atom. The molecule has 0 amide bonds. The van der Waals surface area contributed by atoms with Crippen LogP contribution in [0.1, 0.15) is 30.1 Å². The van der Waals surface area contributed by atoms with Crippen molar-refractivity contribution in [2.24, 2.45) is 5.73 Å². The van der Waals surface area contributed by atoms with Crippen LogP contribution in [0.4, 0.5) is 0 Å². The first-order valence-corrected chi connectivity index (χ1v) is 7.23. The van der Waals surface area contributed by atoms with Gasteiger partial charge in [-0.2, -0.15) is 5.10 Å². The SMILES string of the molecule is Cc1[nH]nc(CN)c1S(=O)(=O)NC(C)c1ccco1. The monoisotopic (exact) mass is 284 g/mol. The second kappa shape index (κ2) is 5.16. The molecule has 0 aliphatic rings. The normalized spacial score (nSPS) is 13.6. The summed E-state index contributed by atoms with van der Waals surface area (Å²) in [4.78, 5) is 0.105. The third kappa shape index (κ3) is 2.70. The van der Waals surface area contributed by atoms with E-state index < -0.39 is 16.1 Å². The summed E-state index contributed by atoms with van der Waals surface area (Å²) in [5, 5.41) is 6.51. The van der Waals surface area contributed by atoms with Crippen molar-refractivity contribution in [2.45, 2.75) is 31.3 Å². The van der Waals surface area contributed by atoms with E-state index in [1.165, 1.54) is 6.26 Å². The summed E-state index contributed by atoms with van der Waals surface area (Å²) in [6.07, 6.45) is 1.49. The fraction of sp³-hybridized carbons (Fsp3) is 0.364. The smallest absolute Gasteiger partial charge is 0.244 e. The molecule has 2 heterocycles. The molecule has 19 heavy (non-hydrogen) atoms. The summed E-state index contributed by atoms with van der Waals surface area (Å²) in [5.74, 6) is 0.541. The van der Waals surface area contributed by atoms with Crippen LogP contribution in [0, 0.1) is 6.92 Å². The van der Waals surface area contributed by atoms with Crippen LogP contribution in [0.3, 0.4) is 0 Å². The minimum Gasteiger partial charge on any atom is -0.468 e. The van der Waals surface area contributed by atoms with Crippen molar-refractivity contribution >= 4 is 10.0 Å². The largest absolute Gasteiger partial charge is 0.468 e. The number of nitrogens with one attached hydrogen (secondary N) is 2. The third-order valence-corrected chi connectivity index (χ3v) is 4.47. The van der Waals surface area contributed by atoms with Crippen molar-refractivity contribution < 1.29 is 12.8 Å². The number of nitrogens with two attached hydrogens (primary N) is 1. The highest BCUT2D eigenvalue weighted by molar-refractivity contribution is 7.89. The minimum atomic E-state index is -3.70. The highest BCUT2D eigenvalue weighted by Crippen LogP contribution is 2.21. The van der Waals surface area contributed by atoms with E-state index in [1.807, 2.05) is 0 Å². The van der Waals surface area contributed by atoms with E-state index in [9.17, 15) is 8.42 Å². The first kappa shape index (κ1) is 13.8. The summed E-state index contributed by atoms with van der Waals surface area (Å²) in [6.45, 7) is 3.39. The third-order valence-electron chi connectivity index (χ3n) is 2.73. The predicted molar refractivity (Wildman–Crippen MR) is 68.7 cm³/mol. The number of hydrogen-bond acceptors (Lipinski definition) is 5. The minimum absolute atomic E-state index is 0.0513. The number of aryl methyl sites for hydroxylation is 1. The van der Waals surface area contributed by atoms with Crippen LogP contribution < -0.4 is 10.5 Å². The van der Waals surface area contributed by atoms with E-state index in [0.717, 1.165) is 0 Å². The van der Waals surface area contributed by atoms with Gasteiger partial charge in [0.2, 0.25) is 10.0 Å². The Hall–Kier alpha value is -1.64. The molecule has 0 aromatic carbocycles. The summed E-state index contributed by atoms with van der Waals surface area (Å²) in [7, 11) is -3.70. The Labute approximate surface area is 111 Å². The zero-order valence-corrected chi connectivity index (χ0v) is 11.5. The van der Waals surface area contributed by atoms with Gasteiger partial charge in [-0.05, 0) is 26.0 Å². The highest BCUT2D eigenvalue weighted by atomic mass is 32.2. The molecular weight excluding hydrogens is 268 g/mol. The van der Waals surface area contributed by atoms with E-state index >= 15 is 0 Å². The molecule has 0 saturated carbocycles. The van der Waals surface area contributed by atoms with Gasteiger partial charge in [0.25, 0.3) is 0 Å². The van der Waals surface area contributed by atoms with E-state index in [2.05, 4.69) is 14.9 Å². The number of rotatable bonds is 5. The molecule has 1 atom stereocenters. The molecular formula is C11H16N4O3S. The number of sulfonamides is 1. The summed E-state index contributed by atoms with van der Waals surface area (Å²) in [6, 6.07) is 2.94. The lowest BCUT2D eigenvalue weighted by Crippen LogP contribution is -2.28. The molecule has 2 rings (SSSR count). The molecule has 0 spiro atoms. The van der Waals surface area contributed by atoms with Gasteiger partial charge < -0.3 is 10.2 Å². The quantitative estimate of drug-likeness (QED) is 0.751. The van der Waals surface area contributed by atoms with E-state index in [0.29, 0.717) is 17.1 Å². The molecule has 8 heteroatoms. The lowest BCUT2D eigenvalue weighted by Gasteiger charge is -2.12. The van der Waals surface area contributed by atoms with Gasteiger partial charge in [-0.25, -0.2) is 13.1 Å². The van der Waals surface area contributed by atoms with Crippen LogP contribution >= 0.6 is 0 Å². The van der Waals surface area contributed by atoms with Crippen molar-refractivity contribution in [3.8, 4) is 0 Å². The van der Waals surface area contributed by atoms with E-state index in [4.69, 9.17) is 10.2 Å². The summed E-state index contributed by atoms with van der Waals surface area (Å²) in [5.41, 5.74) is 6.27. The fourth-order valence-electron chi connectivity index (χ4n) is 1.85. The fourth-order valence-corrected chi connectivity index (χ4v) is 3.44. The van der Waals surface area contributed by atoms with E-state index in [1.54, 1.807) is 26.0 Å². The van der Waals surface area contributed by atoms with Crippen LogP contribution in [0.25, 0.3) is 0 Å². The maximum atomic E-state index is 12.3. The number of nitrogens with zero attached hydrogens (tertiary/aromatic N) is 1. The maximum Gasteiger partial charge on any atom is 0.244 e. The molecule has 104 valence electrons. The maximum absolute atomic E-state index is 12.3. The lowest BCUT2D eigenvalue weighted by atomic mass is 10.3. The second-order valence-electron chi connectivity index (χ2n) is 4.19. The van der Waals surface area contributed by atoms with Crippen molar-refractivity contribution in [2.75, 3.05) is 0 Å². The Bertz CT molecular complexity index is 646. The van der Waals surface area contributed by atoms with Crippen LogP contribution in [-0.2, 0) is 16.6 Å². The van der Waals surface area contributed by atoms with Crippen molar-refractivity contribution in [1.82, 2.24) is 14.9 Å². The Morgan fingerprint density at radius 2 is 2.32 bits per heavy atom. The van der Waals surface area contributed by atoms with Crippen LogP contribution in [-0.4, -0.2) is 18.6 Å². The molecule has 0 fully saturated rings. The Morgan fingerprint density at radius 1 is 1.58 bits per heavy atom. The average molecular weight is 284 g/mol. The number of H-pyrrole nitrogens is 1. The van der Waals surface area contributed by atoms with Crippen molar-refractivity contribution in [1.29, 1.82) is 0 Å². The zero-order chi connectivity index (χ0) is 14.0. The topological polar surface area (TPSA) is 114 Å². The lowest BCUT2D eigenvalue weighted by molar-refractivity contribution is 0.459. The summed E-state index contributed by atoms with van der Waals surface area (Å²) >= 11 is 0. The standard InChI is InChI=1S/C11H16N4O3S/c1-7(10-4-3-5-18-10)15-19(16,17)11-8(2)13-14-9(11)6-12/h3-5,7,15H,6,12H2,1-2H3,(H,13,14). The molecule has 2 aromatic heterocycles. The van der Waals surface area contributed by atoms with Gasteiger partial charge in [0, 0.05) is 6.54 Å². The first-order chi connectivity index (χ1) is 8.95. The molecule has 0 aliphatic carbocycles. The molecule has 0 saturated heterocycles. The summed E-state index contributed by atoms with van der Waals surface area (Å²) < 4.78 is 32.4. The molecule has 4 N–H and O–H groups in total. The van der Waals surface area contributed by atoms with Gasteiger partial charge in [-0.1, -0.05) is 0 Å². The van der Waals surface area contributed by atoms with Gasteiger partial charge in [-0.15, -0.1) is 0 Å². The first-order valence-electron chi connectivity index (χ1n) is 5.75. The van der Waals surface area contributed by atoms with Crippen molar-refractivity contribution in [3.63, 3.8) is 0 Å². The zero-order valence-electron chi connectivity index (χ0n) is 10.7. The predicted octanol–water partition coefficient (Wildman–Crippen LogP) is 0.809. The molecule has 0 aliphatic heterocycles. The molecule has 7 nitrogen and oxygen atoms in total. The number of furan rings is 1. The van der Waals surface area contributed by atoms with Gasteiger partial charge >= 0.3 is 0 Å². The van der Waals surface area contributed by atoms with Gasteiger partial charge in [0.05, 0.1) is 23.7 Å². The Kier molecular flexibility index (Phi) is 3.74. The molecule has 1 unspecified atom stereocenters. The van der Waals surface area contributed by atoms with E-state index in [-0.39, 0.29) is 11.4 Å². The molecule has 2 aromatic rings. The van der Waals surface area contributed by atoms with Crippen molar-refractivity contribution in [3.05, 3.63) is 35.5 Å². The van der Waals surface area contributed by atoms with Crippen LogP contribution in [0.5, 0.6) is 0 Å².